The first-order valence-corrected chi connectivity index (χ1v) is 14.7. The largest absolute Gasteiger partial charge is 0.310 e. The predicted octanol–water partition coefficient (Wildman–Crippen LogP) is 13.0. The third-order valence-electron chi connectivity index (χ3n) is 7.56. The Labute approximate surface area is 300 Å². The average Bonchev–Trinajstić information content (AvgIpc) is 3.30. The molecule has 0 aromatic heterocycles. The number of hydrogen-bond acceptors (Lipinski definition) is 1. The molecule has 47 heavy (non-hydrogen) atoms. The lowest BCUT2D eigenvalue weighted by molar-refractivity contribution is 1.28. The maximum atomic E-state index is 9.73. The molecule has 0 fully saturated rings. The first-order chi connectivity index (χ1) is 30.4. The molecule has 0 radical (unpaired) electrons. The van der Waals surface area contributed by atoms with Gasteiger partial charge in [0.15, 0.2) is 0 Å². The van der Waals surface area contributed by atoms with E-state index in [0.29, 0.717) is 16.7 Å². The van der Waals surface area contributed by atoms with E-state index in [0.717, 1.165) is 10.8 Å². The topological polar surface area (TPSA) is 3.24 Å². The van der Waals surface area contributed by atoms with Crippen LogP contribution in [0.5, 0.6) is 0 Å². The number of fused-ring (bicyclic) bond motifs is 1. The van der Waals surface area contributed by atoms with Crippen molar-refractivity contribution < 1.29 is 23.3 Å². The predicted molar refractivity (Wildman–Crippen MR) is 200 cm³/mol. The van der Waals surface area contributed by atoms with Gasteiger partial charge in [0.05, 0.1) is 29.0 Å². The third kappa shape index (κ3) is 5.83. The summed E-state index contributed by atoms with van der Waals surface area (Å²) in [5, 5.41) is 1.65. The van der Waals surface area contributed by atoms with E-state index >= 15 is 0 Å². The van der Waals surface area contributed by atoms with Gasteiger partial charge in [0.2, 0.25) is 0 Å². The van der Waals surface area contributed by atoms with Crippen LogP contribution in [0.1, 0.15) is 23.3 Å². The van der Waals surface area contributed by atoms with Crippen LogP contribution in [0.2, 0.25) is 0 Å². The van der Waals surface area contributed by atoms with Crippen LogP contribution in [0.4, 0.5) is 17.1 Å². The second kappa shape index (κ2) is 12.7. The molecule has 0 atom stereocenters. The van der Waals surface area contributed by atoms with Gasteiger partial charge >= 0.3 is 0 Å². The zero-order valence-electron chi connectivity index (χ0n) is 41.7. The molecule has 0 aliphatic rings. The molecule has 8 aromatic carbocycles. The number of rotatable bonds is 7. The van der Waals surface area contributed by atoms with Gasteiger partial charge in [-0.05, 0) is 86.0 Å². The second-order valence-electron chi connectivity index (χ2n) is 10.5. The molecular formula is C46H33N. The van der Waals surface area contributed by atoms with E-state index in [-0.39, 0.29) is 16.9 Å². The van der Waals surface area contributed by atoms with E-state index < -0.39 is 131 Å². The minimum absolute atomic E-state index is 0.0290. The van der Waals surface area contributed by atoms with Crippen LogP contribution in [0.15, 0.2) is 200 Å². The lowest BCUT2D eigenvalue weighted by atomic mass is 9.98. The highest BCUT2D eigenvalue weighted by molar-refractivity contribution is 5.91. The van der Waals surface area contributed by atoms with E-state index in [9.17, 15) is 8.22 Å². The van der Waals surface area contributed by atoms with Crippen LogP contribution >= 0.6 is 0 Å². The molecule has 0 N–H and O–H groups in total. The van der Waals surface area contributed by atoms with Gasteiger partial charge in [-0.3, -0.25) is 0 Å². The van der Waals surface area contributed by atoms with Gasteiger partial charge in [0.25, 0.3) is 0 Å². The highest BCUT2D eigenvalue weighted by Crippen LogP contribution is 2.42. The summed E-state index contributed by atoms with van der Waals surface area (Å²) in [6.45, 7) is 0. The van der Waals surface area contributed by atoms with E-state index in [1.807, 2.05) is 24.3 Å². The molecule has 1 heteroatoms. The maximum Gasteiger partial charge on any atom is 0.0651 e. The second-order valence-corrected chi connectivity index (χ2v) is 10.5. The third-order valence-corrected chi connectivity index (χ3v) is 7.56. The van der Waals surface area contributed by atoms with Crippen molar-refractivity contribution in [2.24, 2.45) is 0 Å². The van der Waals surface area contributed by atoms with Gasteiger partial charge in [-0.25, -0.2) is 0 Å². The summed E-state index contributed by atoms with van der Waals surface area (Å²) in [6, 6.07) is 15.8. The number of para-hydroxylation sites is 1. The lowest BCUT2D eigenvalue weighted by Crippen LogP contribution is -2.11. The van der Waals surface area contributed by atoms with Crippen molar-refractivity contribution in [3.8, 4) is 44.5 Å². The molecule has 0 bridgehead atoms. The van der Waals surface area contributed by atoms with Crippen molar-refractivity contribution >= 4 is 27.8 Å². The molecular weight excluding hydrogens is 567 g/mol. The highest BCUT2D eigenvalue weighted by atomic mass is 15.1. The maximum absolute atomic E-state index is 9.73. The zero-order chi connectivity index (χ0) is 46.2. The Morgan fingerprint density at radius 2 is 0.957 bits per heavy atom. The summed E-state index contributed by atoms with van der Waals surface area (Å²) in [6.07, 6.45) is 0. The Morgan fingerprint density at radius 1 is 0.362 bits per heavy atom. The summed E-state index contributed by atoms with van der Waals surface area (Å²) < 4.78 is 152. The van der Waals surface area contributed by atoms with E-state index in [1.165, 1.54) is 4.90 Å². The van der Waals surface area contributed by atoms with Crippen LogP contribution in [-0.4, -0.2) is 0 Å². The van der Waals surface area contributed by atoms with Gasteiger partial charge in [0.1, 0.15) is 0 Å². The van der Waals surface area contributed by atoms with Crippen LogP contribution in [0.3, 0.4) is 0 Å². The van der Waals surface area contributed by atoms with Crippen molar-refractivity contribution in [1.82, 2.24) is 0 Å². The Balaban J connectivity index is 1.44. The smallest absolute Gasteiger partial charge is 0.0651 e. The standard InChI is InChI=1S/C46H33N/c1-3-12-34(13-4-1)36-22-24-37(25-23-36)38-28-30-43(31-29-38)47(46-21-10-9-20-45(46)39-15-5-2-6-16-39)44-19-11-18-41(33-44)42-27-26-35-14-7-8-17-40(35)32-42/h1-33H/i1D,3D,4D,11D,12D,13D,18D,19D,22D,23D,24D,25D,28D,29D,30D,31D,33D. The molecule has 0 saturated carbocycles. The van der Waals surface area contributed by atoms with E-state index in [1.54, 1.807) is 72.8 Å². The minimum Gasteiger partial charge on any atom is -0.310 e. The lowest BCUT2D eigenvalue weighted by Gasteiger charge is -2.28. The highest BCUT2D eigenvalue weighted by Gasteiger charge is 2.18. The van der Waals surface area contributed by atoms with Gasteiger partial charge in [-0.15, -0.1) is 0 Å². The van der Waals surface area contributed by atoms with Crippen molar-refractivity contribution in [2.75, 3.05) is 4.90 Å². The first kappa shape index (κ1) is 15.4. The molecule has 0 aliphatic carbocycles. The molecule has 0 unspecified atom stereocenters. The van der Waals surface area contributed by atoms with Gasteiger partial charge in [-0.2, -0.15) is 0 Å². The van der Waals surface area contributed by atoms with Crippen molar-refractivity contribution in [1.29, 1.82) is 0 Å². The fraction of sp³-hybridized carbons (Fsp3) is 0. The molecule has 1 nitrogen and oxygen atoms in total. The van der Waals surface area contributed by atoms with Gasteiger partial charge in [-0.1, -0.05) is 163 Å². The zero-order valence-corrected chi connectivity index (χ0v) is 24.7. The van der Waals surface area contributed by atoms with Crippen molar-refractivity contribution in [3.63, 3.8) is 0 Å². The Kier molecular flexibility index (Phi) is 4.15. The molecule has 0 amide bonds. The summed E-state index contributed by atoms with van der Waals surface area (Å²) in [5.41, 5.74) is -1.70. The Morgan fingerprint density at radius 3 is 1.70 bits per heavy atom. The van der Waals surface area contributed by atoms with E-state index in [2.05, 4.69) is 0 Å². The molecule has 0 saturated heterocycles. The molecule has 222 valence electrons. The fourth-order valence-electron chi connectivity index (χ4n) is 5.30. The summed E-state index contributed by atoms with van der Waals surface area (Å²) >= 11 is 0. The van der Waals surface area contributed by atoms with Crippen LogP contribution in [0.25, 0.3) is 55.3 Å². The molecule has 0 spiro atoms. The van der Waals surface area contributed by atoms with Crippen molar-refractivity contribution in [2.45, 2.75) is 0 Å². The average molecular weight is 617 g/mol. The monoisotopic (exact) mass is 616 g/mol. The number of nitrogens with zero attached hydrogens (tertiary/aromatic N) is 1. The van der Waals surface area contributed by atoms with Crippen LogP contribution in [-0.2, 0) is 0 Å². The molecule has 0 aliphatic heterocycles. The van der Waals surface area contributed by atoms with Crippen molar-refractivity contribution in [3.05, 3.63) is 200 Å². The van der Waals surface area contributed by atoms with E-state index in [4.69, 9.17) is 15.1 Å². The first-order valence-electron chi connectivity index (χ1n) is 23.2. The summed E-state index contributed by atoms with van der Waals surface area (Å²) in [4.78, 5) is 1.19. The normalized spacial score (nSPS) is 16.0. The quantitative estimate of drug-likeness (QED) is 0.172. The molecule has 8 rings (SSSR count). The Hall–Kier alpha value is -6.18. The number of hydrogen-bond donors (Lipinski definition) is 0. The number of anilines is 3. The summed E-state index contributed by atoms with van der Waals surface area (Å²) in [5.74, 6) is 0. The van der Waals surface area contributed by atoms with Crippen LogP contribution in [0, 0.1) is 0 Å². The minimum atomic E-state index is -0.866. The molecule has 8 aromatic rings. The van der Waals surface area contributed by atoms with Gasteiger partial charge in [0, 0.05) is 16.9 Å². The summed E-state index contributed by atoms with van der Waals surface area (Å²) in [7, 11) is 0. The fourth-order valence-corrected chi connectivity index (χ4v) is 5.30. The molecule has 0 heterocycles. The Bertz CT molecular complexity index is 3170. The SMILES string of the molecule is [2H]c1c([2H])c([2H])c(-c2c([2H])c([2H])c(-c3c([2H])c([2H])c(N(c4ccccc4-c4ccccc4)c4c([2H])c([2H])c([2H])c(-c5ccc6ccccc6c5)c4[2H])c([2H])c3[2H])c([2H])c2[2H])c([2H])c1[2H]. The van der Waals surface area contributed by atoms with Gasteiger partial charge < -0.3 is 4.90 Å². The number of benzene rings is 8. The van der Waals surface area contributed by atoms with Crippen LogP contribution < -0.4 is 4.90 Å².